The van der Waals surface area contributed by atoms with E-state index in [0.29, 0.717) is 11.8 Å². The molecule has 0 amide bonds. The number of unbranched alkanes of at least 4 members (excludes halogenated alkanes) is 2. The summed E-state index contributed by atoms with van der Waals surface area (Å²) in [6, 6.07) is 0. The first-order chi connectivity index (χ1) is 10.1. The Kier molecular flexibility index (Phi) is 9.24. The fraction of sp³-hybridized carbons (Fsp3) is 0.789. The van der Waals surface area contributed by atoms with E-state index in [1.807, 2.05) is 0 Å². The minimum Gasteiger partial charge on any atom is -0.301 e. The van der Waals surface area contributed by atoms with Crippen molar-refractivity contribution in [3.8, 4) is 23.7 Å². The van der Waals surface area contributed by atoms with Crippen LogP contribution in [0.1, 0.15) is 47.0 Å². The fourth-order valence-corrected chi connectivity index (χ4v) is 2.36. The van der Waals surface area contributed by atoms with Gasteiger partial charge in [0, 0.05) is 44.4 Å². The molecule has 1 fully saturated rings. The van der Waals surface area contributed by atoms with E-state index in [2.05, 4.69) is 61.2 Å². The van der Waals surface area contributed by atoms with Crippen LogP contribution in [0.3, 0.4) is 0 Å². The second kappa shape index (κ2) is 10.7. The zero-order valence-electron chi connectivity index (χ0n) is 14.4. The Morgan fingerprint density at radius 2 is 1.33 bits per heavy atom. The lowest BCUT2D eigenvalue weighted by Crippen LogP contribution is -2.46. The molecule has 0 unspecified atom stereocenters. The molecule has 0 aromatic heterocycles. The first-order valence-corrected chi connectivity index (χ1v) is 8.49. The lowest BCUT2D eigenvalue weighted by molar-refractivity contribution is 0.142. The Morgan fingerprint density at radius 3 is 1.95 bits per heavy atom. The van der Waals surface area contributed by atoms with E-state index in [4.69, 9.17) is 0 Å². The van der Waals surface area contributed by atoms with Crippen LogP contribution >= 0.6 is 0 Å². The van der Waals surface area contributed by atoms with Gasteiger partial charge in [-0.25, -0.2) is 0 Å². The third kappa shape index (κ3) is 9.57. The maximum absolute atomic E-state index is 3.29. The lowest BCUT2D eigenvalue weighted by atomic mass is 10.2. The van der Waals surface area contributed by atoms with Gasteiger partial charge in [0.1, 0.15) is 0 Å². The Morgan fingerprint density at radius 1 is 0.762 bits per heavy atom. The molecule has 0 aromatic rings. The van der Waals surface area contributed by atoms with Crippen molar-refractivity contribution in [3.63, 3.8) is 0 Å². The number of hydrogen-bond donors (Lipinski definition) is 0. The van der Waals surface area contributed by atoms with E-state index in [1.54, 1.807) is 0 Å². The molecule has 0 aliphatic carbocycles. The molecule has 2 nitrogen and oxygen atoms in total. The van der Waals surface area contributed by atoms with E-state index in [-0.39, 0.29) is 0 Å². The smallest absolute Gasteiger partial charge is 0.0602 e. The van der Waals surface area contributed by atoms with Crippen molar-refractivity contribution < 1.29 is 0 Å². The molecule has 1 aliphatic heterocycles. The molecular weight excluding hydrogens is 256 g/mol. The topological polar surface area (TPSA) is 6.48 Å². The summed E-state index contributed by atoms with van der Waals surface area (Å²) < 4.78 is 0. The molecule has 1 saturated heterocycles. The molecule has 0 aromatic carbocycles. The van der Waals surface area contributed by atoms with Gasteiger partial charge in [-0.05, 0) is 19.4 Å². The molecule has 2 heteroatoms. The monoisotopic (exact) mass is 288 g/mol. The van der Waals surface area contributed by atoms with Gasteiger partial charge in [-0.1, -0.05) is 39.5 Å². The van der Waals surface area contributed by atoms with Gasteiger partial charge in [-0.15, -0.1) is 11.8 Å². The Hall–Kier alpha value is -0.960. The van der Waals surface area contributed by atoms with Crippen LogP contribution in [0.4, 0.5) is 0 Å². The summed E-state index contributed by atoms with van der Waals surface area (Å²) in [5, 5.41) is 0. The Bertz CT molecular complexity index is 379. The van der Waals surface area contributed by atoms with Crippen molar-refractivity contribution in [1.29, 1.82) is 0 Å². The quantitative estimate of drug-likeness (QED) is 0.566. The van der Waals surface area contributed by atoms with Crippen LogP contribution < -0.4 is 0 Å². The average molecular weight is 288 g/mol. The normalized spacial score (nSPS) is 16.5. The van der Waals surface area contributed by atoms with Crippen LogP contribution in [0.25, 0.3) is 0 Å². The summed E-state index contributed by atoms with van der Waals surface area (Å²) in [5.41, 5.74) is 0. The molecule has 1 aliphatic rings. The highest BCUT2D eigenvalue weighted by atomic mass is 15.3. The second-order valence-electron chi connectivity index (χ2n) is 6.53. The van der Waals surface area contributed by atoms with E-state index >= 15 is 0 Å². The number of rotatable bonds is 5. The van der Waals surface area contributed by atoms with Crippen molar-refractivity contribution >= 4 is 0 Å². The zero-order valence-corrected chi connectivity index (χ0v) is 14.4. The summed E-state index contributed by atoms with van der Waals surface area (Å²) in [4.78, 5) is 5.06. The van der Waals surface area contributed by atoms with Gasteiger partial charge in [0.25, 0.3) is 0 Å². The second-order valence-corrected chi connectivity index (χ2v) is 6.53. The van der Waals surface area contributed by atoms with Crippen LogP contribution in [-0.2, 0) is 0 Å². The van der Waals surface area contributed by atoms with Gasteiger partial charge in [-0.2, -0.15) is 0 Å². The predicted molar refractivity (Wildman–Crippen MR) is 92.0 cm³/mol. The highest BCUT2D eigenvalue weighted by Gasteiger charge is 2.15. The van der Waals surface area contributed by atoms with Crippen molar-refractivity contribution in [1.82, 2.24) is 9.80 Å². The van der Waals surface area contributed by atoms with Crippen LogP contribution in [-0.4, -0.2) is 49.1 Å². The van der Waals surface area contributed by atoms with Crippen LogP contribution in [0.15, 0.2) is 0 Å². The van der Waals surface area contributed by atoms with Gasteiger partial charge >= 0.3 is 0 Å². The first-order valence-electron chi connectivity index (χ1n) is 8.49. The van der Waals surface area contributed by atoms with Crippen molar-refractivity contribution in [3.05, 3.63) is 0 Å². The van der Waals surface area contributed by atoms with Gasteiger partial charge in [0.05, 0.1) is 6.54 Å². The van der Waals surface area contributed by atoms with Gasteiger partial charge in [-0.3, -0.25) is 4.90 Å². The third-order valence-corrected chi connectivity index (χ3v) is 3.58. The van der Waals surface area contributed by atoms with E-state index in [1.165, 1.54) is 45.6 Å². The van der Waals surface area contributed by atoms with E-state index in [0.717, 1.165) is 13.0 Å². The summed E-state index contributed by atoms with van der Waals surface area (Å²) in [6.45, 7) is 15.5. The molecule has 0 atom stereocenters. The molecule has 21 heavy (non-hydrogen) atoms. The number of piperazine rings is 1. The first kappa shape index (κ1) is 18.1. The minimum atomic E-state index is 0.491. The van der Waals surface area contributed by atoms with E-state index < -0.39 is 0 Å². The highest BCUT2D eigenvalue weighted by molar-refractivity contribution is 5.03. The SMILES string of the molecule is CC(C)C#CCCCCN1CCN(CC#CC(C)C)CC1. The van der Waals surface area contributed by atoms with Crippen molar-refractivity contribution in [2.24, 2.45) is 11.8 Å². The van der Waals surface area contributed by atoms with Crippen molar-refractivity contribution in [2.45, 2.75) is 47.0 Å². The molecule has 0 radical (unpaired) electrons. The maximum Gasteiger partial charge on any atom is 0.0602 e. The molecule has 1 heterocycles. The summed E-state index contributed by atoms with van der Waals surface area (Å²) in [6.07, 6.45) is 3.57. The van der Waals surface area contributed by atoms with Crippen LogP contribution in [0, 0.1) is 35.5 Å². The maximum atomic E-state index is 3.29. The molecule has 0 saturated carbocycles. The van der Waals surface area contributed by atoms with Gasteiger partial charge in [0.15, 0.2) is 0 Å². The standard InChI is InChI=1S/C19H32N2/c1-18(2)10-7-5-6-8-12-20-14-16-21(17-15-20)13-9-11-19(3)4/h18-19H,5-6,8,12-17H2,1-4H3. The summed E-state index contributed by atoms with van der Waals surface area (Å²) >= 11 is 0. The highest BCUT2D eigenvalue weighted by Crippen LogP contribution is 2.04. The predicted octanol–water partition coefficient (Wildman–Crippen LogP) is 3.09. The lowest BCUT2D eigenvalue weighted by Gasteiger charge is -2.33. The number of nitrogens with zero attached hydrogens (tertiary/aromatic N) is 2. The molecule has 0 N–H and O–H groups in total. The van der Waals surface area contributed by atoms with Crippen LogP contribution in [0.5, 0.6) is 0 Å². The van der Waals surface area contributed by atoms with Gasteiger partial charge < -0.3 is 4.90 Å². The van der Waals surface area contributed by atoms with E-state index in [9.17, 15) is 0 Å². The van der Waals surface area contributed by atoms with Crippen molar-refractivity contribution in [2.75, 3.05) is 39.3 Å². The molecule has 118 valence electrons. The number of hydrogen-bond acceptors (Lipinski definition) is 2. The summed E-state index contributed by atoms with van der Waals surface area (Å²) in [7, 11) is 0. The average Bonchev–Trinajstić information content (AvgIpc) is 2.43. The van der Waals surface area contributed by atoms with Gasteiger partial charge in [0.2, 0.25) is 0 Å². The molecule has 0 spiro atoms. The Balaban J connectivity index is 2.06. The Labute approximate surface area is 132 Å². The molecule has 0 bridgehead atoms. The summed E-state index contributed by atoms with van der Waals surface area (Å²) in [5.74, 6) is 14.0. The fourth-order valence-electron chi connectivity index (χ4n) is 2.36. The zero-order chi connectivity index (χ0) is 15.5. The molecule has 1 rings (SSSR count). The largest absolute Gasteiger partial charge is 0.301 e. The minimum absolute atomic E-state index is 0.491. The van der Waals surface area contributed by atoms with Crippen LogP contribution in [0.2, 0.25) is 0 Å². The molecular formula is C19H32N2. The third-order valence-electron chi connectivity index (χ3n) is 3.58.